The maximum atomic E-state index is 13.5. The molecule has 0 aliphatic heterocycles. The van der Waals surface area contributed by atoms with Crippen LogP contribution in [0.2, 0.25) is 0 Å². The fraction of sp³-hybridized carbons (Fsp3) is 0.0385. The summed E-state index contributed by atoms with van der Waals surface area (Å²) < 4.78 is 28.4. The smallest absolute Gasteiger partial charge is 0.268 e. The lowest BCUT2D eigenvalue weighted by atomic mass is 10.1. The van der Waals surface area contributed by atoms with E-state index in [1.165, 1.54) is 28.2 Å². The van der Waals surface area contributed by atoms with Crippen molar-refractivity contribution in [1.82, 2.24) is 19.5 Å². The number of nitrogens with zero attached hydrogens (tertiary/aromatic N) is 3. The lowest BCUT2D eigenvalue weighted by Crippen LogP contribution is -2.23. The molecule has 3 aromatic carbocycles. The summed E-state index contributed by atoms with van der Waals surface area (Å²) in [4.78, 5) is 12.6. The second kappa shape index (κ2) is 8.92. The van der Waals surface area contributed by atoms with Gasteiger partial charge < -0.3 is 5.32 Å². The Hall–Kier alpha value is -4.30. The summed E-state index contributed by atoms with van der Waals surface area (Å²) in [5.74, 6) is -0.327. The SMILES string of the molecule is O=C(NCc1cccnn1)c1ccc(S(=O)(=O)n2cc(-c3ccccc3)c3ccccc32)cc1. The Morgan fingerprint density at radius 1 is 0.853 bits per heavy atom. The molecule has 168 valence electrons. The van der Waals surface area contributed by atoms with Crippen LogP contribution in [0.25, 0.3) is 22.0 Å². The summed E-state index contributed by atoms with van der Waals surface area (Å²) in [5.41, 5.74) is 3.34. The first-order valence-corrected chi connectivity index (χ1v) is 12.0. The first kappa shape index (κ1) is 21.5. The van der Waals surface area contributed by atoms with Crippen LogP contribution in [0.3, 0.4) is 0 Å². The number of amides is 1. The van der Waals surface area contributed by atoms with E-state index in [1.807, 2.05) is 48.5 Å². The first-order valence-electron chi connectivity index (χ1n) is 10.6. The van der Waals surface area contributed by atoms with Gasteiger partial charge in [0.1, 0.15) is 0 Å². The van der Waals surface area contributed by atoms with Gasteiger partial charge in [-0.3, -0.25) is 4.79 Å². The summed E-state index contributed by atoms with van der Waals surface area (Å²) in [6.07, 6.45) is 3.21. The Labute approximate surface area is 196 Å². The number of carbonyl (C=O) groups is 1. The highest BCUT2D eigenvalue weighted by atomic mass is 32.2. The second-order valence-corrected chi connectivity index (χ2v) is 9.46. The molecule has 2 heterocycles. The third kappa shape index (κ3) is 4.06. The van der Waals surface area contributed by atoms with Gasteiger partial charge in [-0.25, -0.2) is 12.4 Å². The van der Waals surface area contributed by atoms with Gasteiger partial charge in [-0.05, 0) is 48.0 Å². The zero-order valence-electron chi connectivity index (χ0n) is 18.0. The van der Waals surface area contributed by atoms with Gasteiger partial charge in [-0.15, -0.1) is 0 Å². The lowest BCUT2D eigenvalue weighted by molar-refractivity contribution is 0.0950. The van der Waals surface area contributed by atoms with E-state index >= 15 is 0 Å². The largest absolute Gasteiger partial charge is 0.346 e. The average Bonchev–Trinajstić information content (AvgIpc) is 3.29. The summed E-state index contributed by atoms with van der Waals surface area (Å²) in [6, 6.07) is 26.5. The summed E-state index contributed by atoms with van der Waals surface area (Å²) in [6.45, 7) is 0.227. The Morgan fingerprint density at radius 2 is 1.59 bits per heavy atom. The van der Waals surface area contributed by atoms with E-state index in [9.17, 15) is 13.2 Å². The van der Waals surface area contributed by atoms with Gasteiger partial charge in [0.2, 0.25) is 0 Å². The number of benzene rings is 3. The van der Waals surface area contributed by atoms with E-state index in [2.05, 4.69) is 15.5 Å². The first-order chi connectivity index (χ1) is 16.5. The van der Waals surface area contributed by atoms with Gasteiger partial charge in [-0.2, -0.15) is 10.2 Å². The van der Waals surface area contributed by atoms with Crippen molar-refractivity contribution in [2.75, 3.05) is 0 Å². The van der Waals surface area contributed by atoms with Gasteiger partial charge in [-0.1, -0.05) is 48.5 Å². The van der Waals surface area contributed by atoms with Crippen molar-refractivity contribution in [2.45, 2.75) is 11.4 Å². The maximum absolute atomic E-state index is 13.5. The zero-order valence-corrected chi connectivity index (χ0v) is 18.8. The molecule has 5 rings (SSSR count). The molecule has 8 heteroatoms. The topological polar surface area (TPSA) is 94.0 Å². The maximum Gasteiger partial charge on any atom is 0.268 e. The normalized spacial score (nSPS) is 11.4. The summed E-state index contributed by atoms with van der Waals surface area (Å²) in [5, 5.41) is 11.3. The molecule has 2 aromatic heterocycles. The number of nitrogens with one attached hydrogen (secondary N) is 1. The lowest BCUT2D eigenvalue weighted by Gasteiger charge is -2.09. The average molecular weight is 469 g/mol. The van der Waals surface area contributed by atoms with Gasteiger partial charge in [0.15, 0.2) is 0 Å². The van der Waals surface area contributed by atoms with Crippen molar-refractivity contribution < 1.29 is 13.2 Å². The van der Waals surface area contributed by atoms with E-state index in [1.54, 1.807) is 30.6 Å². The van der Waals surface area contributed by atoms with Crippen LogP contribution in [0.4, 0.5) is 0 Å². The number of hydrogen-bond acceptors (Lipinski definition) is 5. The molecular weight excluding hydrogens is 448 g/mol. The molecule has 5 aromatic rings. The Morgan fingerprint density at radius 3 is 2.32 bits per heavy atom. The molecule has 0 radical (unpaired) electrons. The van der Waals surface area contributed by atoms with E-state index in [-0.39, 0.29) is 17.3 Å². The van der Waals surface area contributed by atoms with Crippen LogP contribution in [-0.2, 0) is 16.6 Å². The molecule has 0 unspecified atom stereocenters. The zero-order chi connectivity index (χ0) is 23.5. The van der Waals surface area contributed by atoms with Crippen LogP contribution >= 0.6 is 0 Å². The number of fused-ring (bicyclic) bond motifs is 1. The number of rotatable bonds is 6. The van der Waals surface area contributed by atoms with Crippen LogP contribution in [-0.4, -0.2) is 28.5 Å². The number of para-hydroxylation sites is 1. The van der Waals surface area contributed by atoms with Gasteiger partial charge in [0, 0.05) is 28.9 Å². The minimum atomic E-state index is -3.88. The predicted molar refractivity (Wildman–Crippen MR) is 130 cm³/mol. The summed E-state index contributed by atoms with van der Waals surface area (Å²) in [7, 11) is -3.88. The van der Waals surface area contributed by atoms with Crippen LogP contribution in [0.15, 0.2) is 108 Å². The van der Waals surface area contributed by atoms with Crippen molar-refractivity contribution in [1.29, 1.82) is 0 Å². The van der Waals surface area contributed by atoms with Crippen molar-refractivity contribution in [2.24, 2.45) is 0 Å². The minimum absolute atomic E-state index is 0.0957. The Kier molecular flexibility index (Phi) is 5.65. The Bertz CT molecular complexity index is 1560. The molecule has 1 N–H and O–H groups in total. The summed E-state index contributed by atoms with van der Waals surface area (Å²) >= 11 is 0. The molecule has 1 amide bonds. The molecule has 0 spiro atoms. The number of hydrogen-bond donors (Lipinski definition) is 1. The molecule has 0 saturated carbocycles. The van der Waals surface area contributed by atoms with E-state index in [0.29, 0.717) is 16.8 Å². The standard InChI is InChI=1S/C26H20N4O3S/c31-26(27-17-21-9-6-16-28-29-21)20-12-14-22(15-13-20)34(32,33)30-18-24(19-7-2-1-3-8-19)23-10-4-5-11-25(23)30/h1-16,18H,17H2,(H,27,31). The third-order valence-electron chi connectivity index (χ3n) is 5.49. The van der Waals surface area contributed by atoms with E-state index in [4.69, 9.17) is 0 Å². The van der Waals surface area contributed by atoms with Crippen LogP contribution in [0.5, 0.6) is 0 Å². The highest BCUT2D eigenvalue weighted by Crippen LogP contribution is 2.32. The fourth-order valence-electron chi connectivity index (χ4n) is 3.79. The van der Waals surface area contributed by atoms with Crippen molar-refractivity contribution >= 4 is 26.8 Å². The second-order valence-electron chi connectivity index (χ2n) is 7.65. The van der Waals surface area contributed by atoms with Crippen molar-refractivity contribution in [3.05, 3.63) is 115 Å². The molecule has 0 fully saturated rings. The van der Waals surface area contributed by atoms with Gasteiger partial charge in [0.05, 0.1) is 22.7 Å². The van der Waals surface area contributed by atoms with E-state index in [0.717, 1.165) is 16.5 Å². The highest BCUT2D eigenvalue weighted by molar-refractivity contribution is 7.90. The van der Waals surface area contributed by atoms with E-state index < -0.39 is 10.0 Å². The molecule has 0 atom stereocenters. The highest BCUT2D eigenvalue weighted by Gasteiger charge is 2.22. The Balaban J connectivity index is 1.45. The van der Waals surface area contributed by atoms with Crippen LogP contribution in [0, 0.1) is 0 Å². The fourth-order valence-corrected chi connectivity index (χ4v) is 5.16. The molecule has 7 nitrogen and oxygen atoms in total. The molecule has 0 aliphatic rings. The minimum Gasteiger partial charge on any atom is -0.346 e. The molecule has 0 bridgehead atoms. The monoisotopic (exact) mass is 468 g/mol. The molecule has 0 saturated heterocycles. The predicted octanol–water partition coefficient (Wildman–Crippen LogP) is 4.27. The van der Waals surface area contributed by atoms with Gasteiger partial charge >= 0.3 is 0 Å². The third-order valence-corrected chi connectivity index (χ3v) is 7.18. The van der Waals surface area contributed by atoms with Crippen LogP contribution in [0.1, 0.15) is 16.1 Å². The van der Waals surface area contributed by atoms with Crippen molar-refractivity contribution in [3.63, 3.8) is 0 Å². The van der Waals surface area contributed by atoms with Gasteiger partial charge in [0.25, 0.3) is 15.9 Å². The molecule has 0 aliphatic carbocycles. The number of aromatic nitrogens is 3. The molecule has 34 heavy (non-hydrogen) atoms. The molecular formula is C26H20N4O3S. The van der Waals surface area contributed by atoms with Crippen molar-refractivity contribution in [3.8, 4) is 11.1 Å². The quantitative estimate of drug-likeness (QED) is 0.402. The number of carbonyl (C=O) groups excluding carboxylic acids is 1. The van der Waals surface area contributed by atoms with Crippen LogP contribution < -0.4 is 5.32 Å².